The van der Waals surface area contributed by atoms with Crippen molar-refractivity contribution in [3.63, 3.8) is 0 Å². The molecule has 0 spiro atoms. The van der Waals surface area contributed by atoms with Crippen LogP contribution in [0, 0.1) is 0 Å². The summed E-state index contributed by atoms with van der Waals surface area (Å²) in [6.07, 6.45) is 0.391. The fourth-order valence-electron chi connectivity index (χ4n) is 2.26. The van der Waals surface area contributed by atoms with Gasteiger partial charge >= 0.3 is 0 Å². The number of amides is 1. The highest BCUT2D eigenvalue weighted by Crippen LogP contribution is 2.23. The predicted molar refractivity (Wildman–Crippen MR) is 71.0 cm³/mol. The van der Waals surface area contributed by atoms with Crippen molar-refractivity contribution < 1.29 is 13.9 Å². The Hall–Kier alpha value is -1.50. The Kier molecular flexibility index (Phi) is 4.08. The van der Waals surface area contributed by atoms with Gasteiger partial charge in [-0.1, -0.05) is 5.21 Å². The van der Waals surface area contributed by atoms with E-state index >= 15 is 0 Å². The molecular formula is C13H21FN4O2. The molecular weight excluding hydrogens is 263 g/mol. The number of aryl methyl sites for hydroxylation is 1. The molecule has 1 aliphatic heterocycles. The first kappa shape index (κ1) is 14.9. The van der Waals surface area contributed by atoms with Gasteiger partial charge in [0.2, 0.25) is 0 Å². The molecule has 2 rings (SSSR count). The first-order valence-corrected chi connectivity index (χ1v) is 6.74. The van der Waals surface area contributed by atoms with Gasteiger partial charge in [0.1, 0.15) is 6.17 Å². The summed E-state index contributed by atoms with van der Waals surface area (Å²) in [7, 11) is 1.69. The maximum atomic E-state index is 14.1. The number of carbonyl (C=O) groups is 1. The Balaban J connectivity index is 1.97. The van der Waals surface area contributed by atoms with E-state index in [0.29, 0.717) is 13.0 Å². The van der Waals surface area contributed by atoms with Gasteiger partial charge in [-0.25, -0.2) is 4.39 Å². The lowest BCUT2D eigenvalue weighted by Gasteiger charge is -2.37. The molecule has 1 aromatic rings. The number of halogens is 1. The van der Waals surface area contributed by atoms with Gasteiger partial charge in [0.15, 0.2) is 5.69 Å². The second kappa shape index (κ2) is 5.47. The molecule has 2 atom stereocenters. The third-order valence-corrected chi connectivity index (χ3v) is 3.10. The van der Waals surface area contributed by atoms with Crippen molar-refractivity contribution in [2.75, 3.05) is 13.1 Å². The van der Waals surface area contributed by atoms with Crippen molar-refractivity contribution in [1.82, 2.24) is 19.9 Å². The van der Waals surface area contributed by atoms with E-state index in [4.69, 9.17) is 4.74 Å². The minimum absolute atomic E-state index is 0.0379. The lowest BCUT2D eigenvalue weighted by molar-refractivity contribution is -0.111. The molecule has 0 aliphatic carbocycles. The summed E-state index contributed by atoms with van der Waals surface area (Å²) in [4.78, 5) is 13.6. The Morgan fingerprint density at radius 3 is 2.70 bits per heavy atom. The van der Waals surface area contributed by atoms with E-state index in [1.165, 1.54) is 15.8 Å². The summed E-state index contributed by atoms with van der Waals surface area (Å²) >= 11 is 0. The van der Waals surface area contributed by atoms with Crippen LogP contribution in [0.4, 0.5) is 4.39 Å². The van der Waals surface area contributed by atoms with Crippen LogP contribution in [0.2, 0.25) is 0 Å². The Labute approximate surface area is 117 Å². The zero-order chi connectivity index (χ0) is 14.9. The van der Waals surface area contributed by atoms with Crippen molar-refractivity contribution in [3.05, 3.63) is 11.9 Å². The zero-order valence-electron chi connectivity index (χ0n) is 12.3. The molecule has 1 aromatic heterocycles. The molecule has 2 heterocycles. The van der Waals surface area contributed by atoms with Crippen LogP contribution in [0.5, 0.6) is 0 Å². The Bertz CT molecular complexity index is 483. The summed E-state index contributed by atoms with van der Waals surface area (Å²) in [5.74, 6) is -0.282. The normalized spacial score (nSPS) is 23.9. The fourth-order valence-corrected chi connectivity index (χ4v) is 2.26. The number of nitrogens with zero attached hydrogens (tertiary/aromatic N) is 4. The van der Waals surface area contributed by atoms with Crippen LogP contribution in [0.3, 0.4) is 0 Å². The average Bonchev–Trinajstić information content (AvgIpc) is 2.76. The molecule has 0 aromatic carbocycles. The van der Waals surface area contributed by atoms with Crippen LogP contribution in [0.25, 0.3) is 0 Å². The van der Waals surface area contributed by atoms with Gasteiger partial charge < -0.3 is 9.64 Å². The van der Waals surface area contributed by atoms with Crippen LogP contribution in [-0.2, 0) is 11.8 Å². The van der Waals surface area contributed by atoms with Crippen LogP contribution in [0.1, 0.15) is 37.7 Å². The summed E-state index contributed by atoms with van der Waals surface area (Å²) < 4.78 is 21.3. The third-order valence-electron chi connectivity index (χ3n) is 3.10. The maximum absolute atomic E-state index is 14.1. The molecule has 6 nitrogen and oxygen atoms in total. The smallest absolute Gasteiger partial charge is 0.276 e. The van der Waals surface area contributed by atoms with Gasteiger partial charge in [0, 0.05) is 13.6 Å². The van der Waals surface area contributed by atoms with Crippen LogP contribution >= 0.6 is 0 Å². The van der Waals surface area contributed by atoms with E-state index in [1.54, 1.807) is 7.05 Å². The van der Waals surface area contributed by atoms with Crippen molar-refractivity contribution in [3.8, 4) is 0 Å². The van der Waals surface area contributed by atoms with E-state index < -0.39 is 12.3 Å². The number of alkyl halides is 1. The molecule has 0 radical (unpaired) electrons. The second-order valence-electron chi connectivity index (χ2n) is 6.10. The van der Waals surface area contributed by atoms with Gasteiger partial charge in [0.25, 0.3) is 5.91 Å². The summed E-state index contributed by atoms with van der Waals surface area (Å²) in [5.41, 5.74) is -0.138. The molecule has 1 saturated heterocycles. The van der Waals surface area contributed by atoms with Crippen molar-refractivity contribution in [1.29, 1.82) is 0 Å². The monoisotopic (exact) mass is 284 g/mol. The maximum Gasteiger partial charge on any atom is 0.276 e. The highest BCUT2D eigenvalue weighted by atomic mass is 19.1. The molecule has 0 N–H and O–H groups in total. The van der Waals surface area contributed by atoms with E-state index in [0.717, 1.165) is 0 Å². The van der Waals surface area contributed by atoms with E-state index in [1.807, 2.05) is 20.8 Å². The number of likely N-dealkylation sites (tertiary alicyclic amines) is 1. The zero-order valence-corrected chi connectivity index (χ0v) is 12.3. The first-order valence-electron chi connectivity index (χ1n) is 6.74. The molecule has 1 fully saturated rings. The summed E-state index contributed by atoms with van der Waals surface area (Å²) in [6.45, 7) is 6.21. The Morgan fingerprint density at radius 1 is 1.50 bits per heavy atom. The summed E-state index contributed by atoms with van der Waals surface area (Å²) in [5, 5.41) is 7.48. The summed E-state index contributed by atoms with van der Waals surface area (Å²) in [6, 6.07) is 0. The quantitative estimate of drug-likeness (QED) is 0.818. The number of aromatic nitrogens is 3. The molecule has 0 unspecified atom stereocenters. The van der Waals surface area contributed by atoms with Crippen molar-refractivity contribution in [2.24, 2.45) is 7.05 Å². The van der Waals surface area contributed by atoms with E-state index in [-0.39, 0.29) is 23.7 Å². The predicted octanol–water partition coefficient (Wildman–Crippen LogP) is 1.18. The highest BCUT2D eigenvalue weighted by Gasteiger charge is 2.35. The second-order valence-corrected chi connectivity index (χ2v) is 6.10. The number of ether oxygens (including phenoxy) is 1. The van der Waals surface area contributed by atoms with Crippen molar-refractivity contribution >= 4 is 5.91 Å². The van der Waals surface area contributed by atoms with Gasteiger partial charge in [-0.2, -0.15) is 0 Å². The van der Waals surface area contributed by atoms with Gasteiger partial charge in [-0.15, -0.1) is 5.10 Å². The average molecular weight is 284 g/mol. The molecule has 112 valence electrons. The number of piperidine rings is 1. The van der Waals surface area contributed by atoms with E-state index in [2.05, 4.69) is 10.3 Å². The standard InChI is InChI=1S/C13H21FN4O2/c1-13(2,3)20-11-5-6-18(7-9(11)14)12(19)10-8-17(4)16-15-10/h8-9,11H,5-7H2,1-4H3/t9-,11+/m1/s1. The molecule has 0 saturated carbocycles. The number of hydrogen-bond acceptors (Lipinski definition) is 4. The molecule has 7 heteroatoms. The van der Waals surface area contributed by atoms with Crippen LogP contribution < -0.4 is 0 Å². The lowest BCUT2D eigenvalue weighted by atomic mass is 10.0. The molecule has 0 bridgehead atoms. The topological polar surface area (TPSA) is 60.2 Å². The fraction of sp³-hybridized carbons (Fsp3) is 0.769. The number of hydrogen-bond donors (Lipinski definition) is 0. The highest BCUT2D eigenvalue weighted by molar-refractivity contribution is 5.92. The SMILES string of the molecule is Cn1cc(C(=O)N2CC[C@H](OC(C)(C)C)[C@H](F)C2)nn1. The minimum Gasteiger partial charge on any atom is -0.369 e. The molecule has 20 heavy (non-hydrogen) atoms. The van der Waals surface area contributed by atoms with Gasteiger partial charge in [-0.3, -0.25) is 9.48 Å². The Morgan fingerprint density at radius 2 is 2.20 bits per heavy atom. The molecule has 1 aliphatic rings. The molecule has 1 amide bonds. The lowest BCUT2D eigenvalue weighted by Crippen LogP contribution is -2.50. The third kappa shape index (κ3) is 3.53. The van der Waals surface area contributed by atoms with Gasteiger partial charge in [0.05, 0.1) is 24.4 Å². The van der Waals surface area contributed by atoms with Crippen molar-refractivity contribution in [2.45, 2.75) is 45.1 Å². The van der Waals surface area contributed by atoms with Gasteiger partial charge in [-0.05, 0) is 27.2 Å². The minimum atomic E-state index is -1.18. The number of rotatable bonds is 2. The first-order chi connectivity index (χ1) is 9.26. The largest absolute Gasteiger partial charge is 0.369 e. The van der Waals surface area contributed by atoms with Crippen LogP contribution in [-0.4, -0.2) is 56.8 Å². The van der Waals surface area contributed by atoms with E-state index in [9.17, 15) is 9.18 Å². The van der Waals surface area contributed by atoms with Crippen LogP contribution in [0.15, 0.2) is 6.20 Å². The number of carbonyl (C=O) groups excluding carboxylic acids is 1.